The van der Waals surface area contributed by atoms with E-state index >= 15 is 4.39 Å². The average molecular weight is 601 g/mol. The summed E-state index contributed by atoms with van der Waals surface area (Å²) in [5.41, 5.74) is 4.89. The average Bonchev–Trinajstić information content (AvgIpc) is 3.04. The lowest BCUT2D eigenvalue weighted by Gasteiger charge is -2.19. The predicted molar refractivity (Wildman–Crippen MR) is 172 cm³/mol. The highest BCUT2D eigenvalue weighted by Crippen LogP contribution is 2.30. The number of ether oxygens (including phenoxy) is 3. The first-order valence-corrected chi connectivity index (χ1v) is 14.8. The molecule has 0 fully saturated rings. The van der Waals surface area contributed by atoms with Crippen LogP contribution in [-0.2, 0) is 30.2 Å². The number of unbranched alkanes of at least 4 members (excludes halogenated alkanes) is 2. The van der Waals surface area contributed by atoms with Gasteiger partial charge in [0.2, 0.25) is 0 Å². The van der Waals surface area contributed by atoms with Gasteiger partial charge in [-0.05, 0) is 46.7 Å². The molecule has 3 rings (SSSR count). The zero-order valence-corrected chi connectivity index (χ0v) is 25.4. The summed E-state index contributed by atoms with van der Waals surface area (Å²) in [4.78, 5) is 24.5. The fraction of sp³-hybridized carbons (Fsp3) is 0.297. The highest BCUT2D eigenvalue weighted by molar-refractivity contribution is 5.88. The van der Waals surface area contributed by atoms with Crippen LogP contribution in [0.3, 0.4) is 0 Å². The van der Waals surface area contributed by atoms with Crippen LogP contribution in [0.4, 0.5) is 4.39 Å². The van der Waals surface area contributed by atoms with E-state index in [2.05, 4.69) is 38.8 Å². The maximum atomic E-state index is 15.3. The first kappa shape index (κ1) is 34.2. The number of aliphatic hydroxyl groups excluding tert-OH is 1. The van der Waals surface area contributed by atoms with Gasteiger partial charge in [-0.25, -0.2) is 14.0 Å². The summed E-state index contributed by atoms with van der Waals surface area (Å²) in [6.45, 7) is 12.4. The lowest BCUT2D eigenvalue weighted by atomic mass is 9.95. The molecule has 0 spiro atoms. The third-order valence-electron chi connectivity index (χ3n) is 7.13. The van der Waals surface area contributed by atoms with Crippen LogP contribution in [0.2, 0.25) is 0 Å². The molecule has 1 atom stereocenters. The van der Waals surface area contributed by atoms with Gasteiger partial charge in [-0.1, -0.05) is 99.7 Å². The van der Waals surface area contributed by atoms with Crippen LogP contribution in [0.25, 0.3) is 22.3 Å². The molecule has 0 heterocycles. The molecule has 0 aromatic heterocycles. The summed E-state index contributed by atoms with van der Waals surface area (Å²) in [7, 11) is 0. The van der Waals surface area contributed by atoms with Crippen molar-refractivity contribution in [1.82, 2.24) is 0 Å². The van der Waals surface area contributed by atoms with E-state index in [4.69, 9.17) is 14.2 Å². The van der Waals surface area contributed by atoms with Crippen molar-refractivity contribution in [2.75, 3.05) is 33.0 Å². The molecule has 0 aliphatic carbocycles. The van der Waals surface area contributed by atoms with Gasteiger partial charge in [0.05, 0.1) is 36.9 Å². The molecular weight excluding hydrogens is 559 g/mol. The molecular formula is C37H41FO6. The minimum atomic E-state index is -0.754. The van der Waals surface area contributed by atoms with Crippen LogP contribution >= 0.6 is 0 Å². The number of aryl methyl sites for hydroxylation is 1. The Morgan fingerprint density at radius 2 is 1.48 bits per heavy atom. The first-order valence-electron chi connectivity index (χ1n) is 14.8. The van der Waals surface area contributed by atoms with E-state index in [1.54, 1.807) is 36.4 Å². The molecule has 0 bridgehead atoms. The van der Waals surface area contributed by atoms with Crippen molar-refractivity contribution in [3.8, 4) is 22.3 Å². The van der Waals surface area contributed by atoms with Crippen LogP contribution in [0.15, 0.2) is 104 Å². The van der Waals surface area contributed by atoms with Gasteiger partial charge >= 0.3 is 11.9 Å². The Hall–Kier alpha value is -4.33. The smallest absolute Gasteiger partial charge is 0.335 e. The Morgan fingerprint density at radius 1 is 0.864 bits per heavy atom. The number of halogens is 1. The largest absolute Gasteiger partial charge is 0.461 e. The van der Waals surface area contributed by atoms with Gasteiger partial charge in [0.25, 0.3) is 0 Å². The second-order valence-electron chi connectivity index (χ2n) is 10.5. The SMILES string of the molecule is C=CCOCC(=C)C(=O)OCC(COC(=O)C(=C)CO)c1ccc(-c2ccc(-c3ccc(CCCCC)cc3)cc2F)cc1. The van der Waals surface area contributed by atoms with Crippen molar-refractivity contribution in [3.05, 3.63) is 121 Å². The van der Waals surface area contributed by atoms with Gasteiger partial charge in [-0.15, -0.1) is 6.58 Å². The topological polar surface area (TPSA) is 82.1 Å². The van der Waals surface area contributed by atoms with Crippen molar-refractivity contribution in [1.29, 1.82) is 0 Å². The van der Waals surface area contributed by atoms with Crippen LogP contribution in [-0.4, -0.2) is 50.1 Å². The number of carbonyl (C=O) groups is 2. The molecule has 44 heavy (non-hydrogen) atoms. The number of rotatable bonds is 18. The number of hydrogen-bond acceptors (Lipinski definition) is 6. The van der Waals surface area contributed by atoms with Gasteiger partial charge in [0.1, 0.15) is 19.0 Å². The van der Waals surface area contributed by atoms with Crippen molar-refractivity contribution < 1.29 is 33.3 Å². The van der Waals surface area contributed by atoms with Crippen molar-refractivity contribution >= 4 is 11.9 Å². The van der Waals surface area contributed by atoms with E-state index in [0.717, 1.165) is 24.0 Å². The Morgan fingerprint density at radius 3 is 2.07 bits per heavy atom. The van der Waals surface area contributed by atoms with E-state index in [1.165, 1.54) is 24.5 Å². The second-order valence-corrected chi connectivity index (χ2v) is 10.5. The molecule has 0 aliphatic heterocycles. The molecule has 0 aliphatic rings. The first-order chi connectivity index (χ1) is 21.3. The second kappa shape index (κ2) is 17.7. The molecule has 3 aromatic carbocycles. The summed E-state index contributed by atoms with van der Waals surface area (Å²) in [6, 6.07) is 20.6. The number of esters is 2. The molecule has 0 amide bonds. The predicted octanol–water partition coefficient (Wildman–Crippen LogP) is 7.37. The normalized spacial score (nSPS) is 11.4. The number of aliphatic hydroxyl groups is 1. The molecule has 232 valence electrons. The summed E-state index contributed by atoms with van der Waals surface area (Å²) in [5, 5.41) is 9.18. The Kier molecular flexibility index (Phi) is 13.7. The maximum Gasteiger partial charge on any atom is 0.335 e. The van der Waals surface area contributed by atoms with E-state index in [-0.39, 0.29) is 43.4 Å². The molecule has 7 heteroatoms. The minimum Gasteiger partial charge on any atom is -0.461 e. The van der Waals surface area contributed by atoms with E-state index in [9.17, 15) is 14.7 Å². The molecule has 3 aromatic rings. The summed E-state index contributed by atoms with van der Waals surface area (Å²) >= 11 is 0. The van der Waals surface area contributed by atoms with Crippen molar-refractivity contribution in [2.45, 2.75) is 38.5 Å². The third-order valence-corrected chi connectivity index (χ3v) is 7.13. The van der Waals surface area contributed by atoms with Gasteiger partial charge < -0.3 is 19.3 Å². The van der Waals surface area contributed by atoms with Crippen LogP contribution in [0, 0.1) is 5.82 Å². The molecule has 0 radical (unpaired) electrons. The van der Waals surface area contributed by atoms with Crippen LogP contribution < -0.4 is 0 Å². The molecule has 1 unspecified atom stereocenters. The Labute approximate surface area is 259 Å². The summed E-state index contributed by atoms with van der Waals surface area (Å²) in [5.74, 6) is -2.28. The number of carbonyl (C=O) groups excluding carboxylic acids is 2. The number of benzene rings is 3. The van der Waals surface area contributed by atoms with Gasteiger partial charge in [0.15, 0.2) is 0 Å². The molecule has 0 saturated carbocycles. The fourth-order valence-corrected chi connectivity index (χ4v) is 4.49. The van der Waals surface area contributed by atoms with E-state index in [0.29, 0.717) is 16.7 Å². The molecule has 6 nitrogen and oxygen atoms in total. The maximum absolute atomic E-state index is 15.3. The summed E-state index contributed by atoms with van der Waals surface area (Å²) < 4.78 is 31.3. The minimum absolute atomic E-state index is 0.00968. The highest BCUT2D eigenvalue weighted by atomic mass is 19.1. The molecule has 1 N–H and O–H groups in total. The van der Waals surface area contributed by atoms with E-state index < -0.39 is 24.5 Å². The quantitative estimate of drug-likeness (QED) is 0.0711. The lowest BCUT2D eigenvalue weighted by Crippen LogP contribution is -2.22. The van der Waals surface area contributed by atoms with Gasteiger partial charge in [-0.3, -0.25) is 0 Å². The Bertz CT molecular complexity index is 1430. The zero-order chi connectivity index (χ0) is 31.9. The number of hydrogen-bond donors (Lipinski definition) is 1. The highest BCUT2D eigenvalue weighted by Gasteiger charge is 2.20. The van der Waals surface area contributed by atoms with Gasteiger partial charge in [-0.2, -0.15) is 0 Å². The van der Waals surface area contributed by atoms with Crippen LogP contribution in [0.5, 0.6) is 0 Å². The van der Waals surface area contributed by atoms with E-state index in [1.807, 2.05) is 18.2 Å². The van der Waals surface area contributed by atoms with Crippen molar-refractivity contribution in [3.63, 3.8) is 0 Å². The van der Waals surface area contributed by atoms with Crippen LogP contribution in [0.1, 0.15) is 43.2 Å². The third kappa shape index (κ3) is 10.1. The van der Waals surface area contributed by atoms with Gasteiger partial charge in [0, 0.05) is 5.56 Å². The lowest BCUT2D eigenvalue weighted by molar-refractivity contribution is -0.143. The standard InChI is InChI=1S/C37H41FO6/c1-5-7-8-9-28-10-12-29(13-11-28)32-18-19-34(35(38)21-32)31-16-14-30(15-17-31)33(24-43-36(40)26(3)22-39)25-44-37(41)27(4)23-42-20-6-2/h6,10-19,21,33,39H,2-5,7-9,20,22-25H2,1H3. The zero-order valence-electron chi connectivity index (χ0n) is 25.4. The monoisotopic (exact) mass is 600 g/mol. The molecule has 0 saturated heterocycles. The fourth-order valence-electron chi connectivity index (χ4n) is 4.49. The Balaban J connectivity index is 1.73. The summed E-state index contributed by atoms with van der Waals surface area (Å²) in [6.07, 6.45) is 6.15. The van der Waals surface area contributed by atoms with Crippen molar-refractivity contribution in [2.24, 2.45) is 0 Å².